The molecule has 0 saturated heterocycles. The second-order valence-corrected chi connectivity index (χ2v) is 9.56. The molecule has 0 amide bonds. The molecule has 3 heterocycles. The quantitative estimate of drug-likeness (QED) is 0.349. The van der Waals surface area contributed by atoms with Crippen molar-refractivity contribution in [1.29, 1.82) is 0 Å². The average molecular weight is 523 g/mol. The molecule has 1 N–H and O–H groups in total. The Morgan fingerprint density at radius 1 is 0.974 bits per heavy atom. The van der Waals surface area contributed by atoms with Gasteiger partial charge in [0.25, 0.3) is 0 Å². The van der Waals surface area contributed by atoms with E-state index in [2.05, 4.69) is 11.0 Å². The zero-order valence-electron chi connectivity index (χ0n) is 20.8. The molecule has 1 aromatic heterocycles. The van der Waals surface area contributed by atoms with Gasteiger partial charge < -0.3 is 23.9 Å². The Morgan fingerprint density at radius 2 is 1.82 bits per heavy atom. The molecule has 3 aromatic carbocycles. The van der Waals surface area contributed by atoms with Gasteiger partial charge in [0.15, 0.2) is 23.1 Å². The van der Waals surface area contributed by atoms with Crippen LogP contribution in [0.25, 0.3) is 10.9 Å². The number of hydrogen-bond donors (Lipinski definition) is 1. The van der Waals surface area contributed by atoms with Gasteiger partial charge in [0.2, 0.25) is 0 Å². The minimum Gasteiger partial charge on any atom is -0.497 e. The van der Waals surface area contributed by atoms with Crippen LogP contribution < -0.4 is 14.2 Å². The van der Waals surface area contributed by atoms with Gasteiger partial charge in [0.1, 0.15) is 19.1 Å². The molecule has 0 spiro atoms. The summed E-state index contributed by atoms with van der Waals surface area (Å²) in [7, 11) is 3.27. The predicted molar refractivity (Wildman–Crippen MR) is 142 cm³/mol. The van der Waals surface area contributed by atoms with Crippen molar-refractivity contribution in [2.75, 3.05) is 20.8 Å². The van der Waals surface area contributed by atoms with Gasteiger partial charge in [-0.2, -0.15) is 0 Å². The largest absolute Gasteiger partial charge is 0.497 e. The number of benzene rings is 3. The van der Waals surface area contributed by atoms with Crippen LogP contribution in [-0.2, 0) is 32.7 Å². The Bertz CT molecular complexity index is 1500. The summed E-state index contributed by atoms with van der Waals surface area (Å²) < 4.78 is 46.1. The van der Waals surface area contributed by atoms with E-state index in [0.717, 1.165) is 60.4 Å². The van der Waals surface area contributed by atoms with E-state index >= 15 is 0 Å². The van der Waals surface area contributed by atoms with Crippen molar-refractivity contribution < 1.29 is 28.1 Å². The lowest BCUT2D eigenvalue weighted by Gasteiger charge is -2.41. The van der Waals surface area contributed by atoms with Gasteiger partial charge in [-0.1, -0.05) is 13.5 Å². The van der Waals surface area contributed by atoms with Gasteiger partial charge in [0, 0.05) is 30.2 Å². The van der Waals surface area contributed by atoms with Gasteiger partial charge in [0.05, 0.1) is 19.7 Å². The normalized spacial score (nSPS) is 16.3. The maximum atomic E-state index is 13.6. The lowest BCUT2D eigenvalue weighted by atomic mass is 9.85. The molecule has 200 valence electrons. The van der Waals surface area contributed by atoms with Crippen LogP contribution in [0.5, 0.6) is 17.2 Å². The smallest absolute Gasteiger partial charge is 0.161 e. The van der Waals surface area contributed by atoms with E-state index in [9.17, 15) is 13.9 Å². The molecule has 0 radical (unpaired) electrons. The summed E-state index contributed by atoms with van der Waals surface area (Å²) in [6.07, 6.45) is 1.65. The molecular weight excluding hydrogens is 490 g/mol. The molecule has 1 atom stereocenters. The number of aliphatic hydroxyl groups is 1. The molecule has 38 heavy (non-hydrogen) atoms. The first-order chi connectivity index (χ1) is 18.0. The first kappa shape index (κ1) is 26.0. The van der Waals surface area contributed by atoms with Crippen molar-refractivity contribution in [2.45, 2.75) is 46.2 Å². The highest BCUT2D eigenvalue weighted by Crippen LogP contribution is 2.45. The van der Waals surface area contributed by atoms with E-state index in [1.54, 1.807) is 14.2 Å². The molecule has 0 fully saturated rings. The molecule has 8 heteroatoms. The molecule has 6 nitrogen and oxygen atoms in total. The van der Waals surface area contributed by atoms with Gasteiger partial charge in [-0.25, -0.2) is 8.78 Å². The average Bonchev–Trinajstić information content (AvgIpc) is 3.23. The SMILES string of the molecule is C.COc1ccc2c(c1)c1c(n2CO)CN2CCc3cc(OCc4ccc(F)c(F)c4)c(OC)cc3C2C1. The molecule has 4 aromatic rings. The van der Waals surface area contributed by atoms with Crippen LogP contribution in [0.3, 0.4) is 0 Å². The summed E-state index contributed by atoms with van der Waals surface area (Å²) in [5, 5.41) is 11.3. The van der Waals surface area contributed by atoms with E-state index in [0.29, 0.717) is 17.1 Å². The summed E-state index contributed by atoms with van der Waals surface area (Å²) in [5.74, 6) is 0.207. The van der Waals surface area contributed by atoms with E-state index in [1.165, 1.54) is 22.8 Å². The summed E-state index contributed by atoms with van der Waals surface area (Å²) in [6, 6.07) is 14.0. The first-order valence-electron chi connectivity index (χ1n) is 12.3. The summed E-state index contributed by atoms with van der Waals surface area (Å²) in [4.78, 5) is 2.45. The fraction of sp³-hybridized carbons (Fsp3) is 0.333. The van der Waals surface area contributed by atoms with Gasteiger partial charge >= 0.3 is 0 Å². The van der Waals surface area contributed by atoms with Crippen LogP contribution in [0.4, 0.5) is 8.78 Å². The summed E-state index contributed by atoms with van der Waals surface area (Å²) >= 11 is 0. The Labute approximate surface area is 221 Å². The predicted octanol–water partition coefficient (Wildman–Crippen LogP) is 5.76. The molecular formula is C30H32F2N2O4. The Balaban J connectivity index is 0.00000294. The highest BCUT2D eigenvalue weighted by Gasteiger charge is 2.36. The third-order valence-electron chi connectivity index (χ3n) is 7.66. The van der Waals surface area contributed by atoms with Gasteiger partial charge in [-0.05, 0) is 77.6 Å². The fourth-order valence-electron chi connectivity index (χ4n) is 5.79. The maximum absolute atomic E-state index is 13.6. The van der Waals surface area contributed by atoms with Crippen LogP contribution in [0, 0.1) is 11.6 Å². The van der Waals surface area contributed by atoms with Crippen LogP contribution >= 0.6 is 0 Å². The number of rotatable bonds is 6. The second kappa shape index (κ2) is 10.3. The van der Waals surface area contributed by atoms with Crippen LogP contribution in [-0.4, -0.2) is 35.3 Å². The minimum atomic E-state index is -0.893. The standard InChI is InChI=1S/C29H28F2N2O4.CH4/c1-35-19-4-6-25-21(11-19)22-12-26-20-13-28(36-2)29(37-15-17-3-5-23(30)24(31)9-17)10-18(20)7-8-32(26)14-27(22)33(25)16-34;/h3-6,9-11,13,26,34H,7-8,12,14-16H2,1-2H3;1H4. The summed E-state index contributed by atoms with van der Waals surface area (Å²) in [5.41, 5.74) is 6.31. The molecule has 1 unspecified atom stereocenters. The van der Waals surface area contributed by atoms with Gasteiger partial charge in [-0.15, -0.1) is 0 Å². The molecule has 0 bridgehead atoms. The highest BCUT2D eigenvalue weighted by molar-refractivity contribution is 5.87. The second-order valence-electron chi connectivity index (χ2n) is 9.56. The Kier molecular flexibility index (Phi) is 7.03. The zero-order chi connectivity index (χ0) is 25.7. The van der Waals surface area contributed by atoms with Crippen molar-refractivity contribution in [3.8, 4) is 17.2 Å². The van der Waals surface area contributed by atoms with E-state index in [1.807, 2.05) is 28.8 Å². The van der Waals surface area contributed by atoms with Crippen LogP contribution in [0.2, 0.25) is 0 Å². The van der Waals surface area contributed by atoms with Crippen molar-refractivity contribution >= 4 is 10.9 Å². The highest BCUT2D eigenvalue weighted by atomic mass is 19.2. The third-order valence-corrected chi connectivity index (χ3v) is 7.66. The van der Waals surface area contributed by atoms with E-state index in [4.69, 9.17) is 14.2 Å². The molecule has 0 saturated carbocycles. The fourth-order valence-corrected chi connectivity index (χ4v) is 5.79. The van der Waals surface area contributed by atoms with E-state index in [-0.39, 0.29) is 26.8 Å². The number of methoxy groups -OCH3 is 2. The monoisotopic (exact) mass is 522 g/mol. The number of nitrogens with zero attached hydrogens (tertiary/aromatic N) is 2. The van der Waals surface area contributed by atoms with Crippen molar-refractivity contribution in [3.63, 3.8) is 0 Å². The Hall–Kier alpha value is -3.62. The first-order valence-corrected chi connectivity index (χ1v) is 12.3. The van der Waals surface area contributed by atoms with Crippen LogP contribution in [0.1, 0.15) is 41.4 Å². The minimum absolute atomic E-state index is 0. The summed E-state index contributed by atoms with van der Waals surface area (Å²) in [6.45, 7) is 1.66. The molecule has 6 rings (SSSR count). The topological polar surface area (TPSA) is 56.1 Å². The van der Waals surface area contributed by atoms with Crippen molar-refractivity contribution in [3.05, 3.63) is 88.1 Å². The van der Waals surface area contributed by atoms with E-state index < -0.39 is 11.6 Å². The van der Waals surface area contributed by atoms with Crippen molar-refractivity contribution in [1.82, 2.24) is 9.47 Å². The Morgan fingerprint density at radius 3 is 2.55 bits per heavy atom. The lowest BCUT2D eigenvalue weighted by Crippen LogP contribution is -2.39. The number of aliphatic hydroxyl groups excluding tert-OH is 1. The molecule has 2 aliphatic rings. The number of ether oxygens (including phenoxy) is 3. The van der Waals surface area contributed by atoms with Crippen LogP contribution in [0.15, 0.2) is 48.5 Å². The maximum Gasteiger partial charge on any atom is 0.161 e. The lowest BCUT2D eigenvalue weighted by molar-refractivity contribution is 0.145. The number of aromatic nitrogens is 1. The molecule has 0 aliphatic carbocycles. The van der Waals surface area contributed by atoms with Crippen molar-refractivity contribution in [2.24, 2.45) is 0 Å². The van der Waals surface area contributed by atoms with Gasteiger partial charge in [-0.3, -0.25) is 4.90 Å². The zero-order valence-corrected chi connectivity index (χ0v) is 20.8. The number of halogens is 2. The molecule has 2 aliphatic heterocycles. The number of fused-ring (bicyclic) bond motifs is 6. The third kappa shape index (κ3) is 4.27. The number of hydrogen-bond acceptors (Lipinski definition) is 5.